The summed E-state index contributed by atoms with van der Waals surface area (Å²) in [6, 6.07) is 4.04. The van der Waals surface area contributed by atoms with Gasteiger partial charge in [0, 0.05) is 5.56 Å². The fourth-order valence-corrected chi connectivity index (χ4v) is 2.33. The minimum absolute atomic E-state index is 0.0266. The third kappa shape index (κ3) is 2.19. The first-order valence-electron chi connectivity index (χ1n) is 5.87. The van der Waals surface area contributed by atoms with Gasteiger partial charge in [-0.05, 0) is 31.9 Å². The molecule has 2 aromatic rings. The summed E-state index contributed by atoms with van der Waals surface area (Å²) in [6.07, 6.45) is 0. The number of benzene rings is 1. The van der Waals surface area contributed by atoms with Crippen LogP contribution < -0.4 is 5.73 Å². The maximum Gasteiger partial charge on any atom is 0.345 e. The molecule has 0 fully saturated rings. The molecule has 2 N–H and O–H groups in total. The second-order valence-electron chi connectivity index (χ2n) is 4.54. The van der Waals surface area contributed by atoms with E-state index in [9.17, 15) is 4.79 Å². The number of aryl methyl sites for hydroxylation is 3. The molecule has 0 aliphatic rings. The van der Waals surface area contributed by atoms with E-state index in [4.69, 9.17) is 15.0 Å². The molecule has 0 bridgehead atoms. The molecule has 0 saturated heterocycles. The van der Waals surface area contributed by atoms with Gasteiger partial charge < -0.3 is 15.0 Å². The number of methoxy groups -OCH3 is 1. The Morgan fingerprint density at radius 2 is 1.84 bits per heavy atom. The van der Waals surface area contributed by atoms with Crippen LogP contribution in [0, 0.1) is 20.8 Å². The molecule has 2 rings (SSSR count). The Balaban J connectivity index is 2.70. The lowest BCUT2D eigenvalue weighted by molar-refractivity contribution is 0.0602. The maximum absolute atomic E-state index is 11.8. The van der Waals surface area contributed by atoms with Crippen LogP contribution >= 0.6 is 0 Å². The van der Waals surface area contributed by atoms with Gasteiger partial charge in [0.2, 0.25) is 5.88 Å². The molecule has 0 unspecified atom stereocenters. The quantitative estimate of drug-likeness (QED) is 0.840. The topological polar surface area (TPSA) is 78.3 Å². The number of nitrogen functional groups attached to an aromatic ring is 1. The third-order valence-electron chi connectivity index (χ3n) is 3.02. The SMILES string of the molecule is COC(=O)c1c(-c2c(C)cc(C)cc2C)noc1N. The lowest BCUT2D eigenvalue weighted by Gasteiger charge is -2.09. The fourth-order valence-electron chi connectivity index (χ4n) is 2.33. The van der Waals surface area contributed by atoms with Crippen molar-refractivity contribution in [2.24, 2.45) is 0 Å². The molecule has 0 aliphatic heterocycles. The van der Waals surface area contributed by atoms with E-state index in [2.05, 4.69) is 5.16 Å². The van der Waals surface area contributed by atoms with Gasteiger partial charge in [0.05, 0.1) is 7.11 Å². The molecule has 1 heterocycles. The number of anilines is 1. The van der Waals surface area contributed by atoms with Gasteiger partial charge in [0.1, 0.15) is 5.69 Å². The van der Waals surface area contributed by atoms with Gasteiger partial charge in [0.25, 0.3) is 0 Å². The lowest BCUT2D eigenvalue weighted by Crippen LogP contribution is -2.06. The van der Waals surface area contributed by atoms with Crippen molar-refractivity contribution < 1.29 is 14.1 Å². The first-order valence-corrected chi connectivity index (χ1v) is 5.87. The van der Waals surface area contributed by atoms with E-state index in [-0.39, 0.29) is 11.4 Å². The maximum atomic E-state index is 11.8. The Morgan fingerprint density at radius 1 is 1.26 bits per heavy atom. The highest BCUT2D eigenvalue weighted by molar-refractivity contribution is 6.00. The number of nitrogens with zero attached hydrogens (tertiary/aromatic N) is 1. The molecule has 100 valence electrons. The molecule has 19 heavy (non-hydrogen) atoms. The fraction of sp³-hybridized carbons (Fsp3) is 0.286. The molecule has 5 heteroatoms. The summed E-state index contributed by atoms with van der Waals surface area (Å²) in [5, 5.41) is 3.91. The number of aromatic nitrogens is 1. The predicted molar refractivity (Wildman–Crippen MR) is 71.9 cm³/mol. The lowest BCUT2D eigenvalue weighted by atomic mass is 9.95. The van der Waals surface area contributed by atoms with Gasteiger partial charge in [0.15, 0.2) is 5.56 Å². The summed E-state index contributed by atoms with van der Waals surface area (Å²) in [5.41, 5.74) is 10.3. The minimum Gasteiger partial charge on any atom is -0.465 e. The normalized spacial score (nSPS) is 10.5. The van der Waals surface area contributed by atoms with Gasteiger partial charge >= 0.3 is 5.97 Å². The molecular formula is C14H16N2O3. The highest BCUT2D eigenvalue weighted by Crippen LogP contribution is 2.33. The number of carbonyl (C=O) groups excluding carboxylic acids is 1. The van der Waals surface area contributed by atoms with Crippen molar-refractivity contribution in [1.82, 2.24) is 5.16 Å². The van der Waals surface area contributed by atoms with Crippen molar-refractivity contribution in [2.75, 3.05) is 12.8 Å². The monoisotopic (exact) mass is 260 g/mol. The minimum atomic E-state index is -0.548. The van der Waals surface area contributed by atoms with E-state index in [1.807, 2.05) is 32.9 Å². The summed E-state index contributed by atoms with van der Waals surface area (Å²) in [6.45, 7) is 5.94. The first kappa shape index (κ1) is 13.1. The second-order valence-corrected chi connectivity index (χ2v) is 4.54. The van der Waals surface area contributed by atoms with Crippen molar-refractivity contribution in [3.05, 3.63) is 34.4 Å². The highest BCUT2D eigenvalue weighted by Gasteiger charge is 2.25. The third-order valence-corrected chi connectivity index (χ3v) is 3.02. The van der Waals surface area contributed by atoms with Gasteiger partial charge in [-0.25, -0.2) is 4.79 Å². The van der Waals surface area contributed by atoms with Gasteiger partial charge in [-0.1, -0.05) is 22.9 Å². The molecule has 0 spiro atoms. The van der Waals surface area contributed by atoms with Crippen molar-refractivity contribution in [2.45, 2.75) is 20.8 Å². The van der Waals surface area contributed by atoms with Gasteiger partial charge in [-0.2, -0.15) is 0 Å². The predicted octanol–water partition coefficient (Wildman–Crippen LogP) is 2.64. The Hall–Kier alpha value is -2.30. The Labute approximate surface area is 111 Å². The van der Waals surface area contributed by atoms with E-state index in [0.29, 0.717) is 5.69 Å². The number of hydrogen-bond donors (Lipinski definition) is 1. The molecule has 0 aliphatic carbocycles. The van der Waals surface area contributed by atoms with Gasteiger partial charge in [-0.15, -0.1) is 0 Å². The van der Waals surface area contributed by atoms with E-state index < -0.39 is 5.97 Å². The Kier molecular flexibility index (Phi) is 3.29. The zero-order chi connectivity index (χ0) is 14.2. The van der Waals surface area contributed by atoms with Crippen molar-refractivity contribution in [1.29, 1.82) is 0 Å². The Bertz CT molecular complexity index is 621. The van der Waals surface area contributed by atoms with E-state index in [1.54, 1.807) is 0 Å². The second kappa shape index (κ2) is 4.76. The van der Waals surface area contributed by atoms with Crippen molar-refractivity contribution >= 4 is 11.9 Å². The average molecular weight is 260 g/mol. The van der Waals surface area contributed by atoms with E-state index >= 15 is 0 Å². The zero-order valence-corrected chi connectivity index (χ0v) is 11.4. The molecule has 0 saturated carbocycles. The molecule has 0 amide bonds. The standard InChI is InChI=1S/C14H16N2O3/c1-7-5-8(2)10(9(3)6-7)12-11(14(17)18-4)13(15)19-16-12/h5-6H,15H2,1-4H3. The molecule has 0 atom stereocenters. The van der Waals surface area contributed by atoms with Crippen molar-refractivity contribution in [3.63, 3.8) is 0 Å². The van der Waals surface area contributed by atoms with Gasteiger partial charge in [-0.3, -0.25) is 0 Å². The number of carbonyl (C=O) groups is 1. The van der Waals surface area contributed by atoms with Crippen LogP contribution in [-0.4, -0.2) is 18.2 Å². The van der Waals surface area contributed by atoms with E-state index in [0.717, 1.165) is 22.3 Å². The van der Waals surface area contributed by atoms with Crippen LogP contribution in [0.1, 0.15) is 27.0 Å². The molecule has 0 radical (unpaired) electrons. The molecular weight excluding hydrogens is 244 g/mol. The van der Waals surface area contributed by atoms with Crippen LogP contribution in [-0.2, 0) is 4.74 Å². The number of ether oxygens (including phenoxy) is 1. The first-order chi connectivity index (χ1) is 8.95. The molecule has 1 aromatic heterocycles. The van der Waals surface area contributed by atoms with Crippen molar-refractivity contribution in [3.8, 4) is 11.3 Å². The number of rotatable bonds is 2. The molecule has 1 aromatic carbocycles. The highest BCUT2D eigenvalue weighted by atomic mass is 16.5. The summed E-state index contributed by atoms with van der Waals surface area (Å²) in [7, 11) is 1.30. The average Bonchev–Trinajstić information content (AvgIpc) is 2.69. The number of hydrogen-bond acceptors (Lipinski definition) is 5. The summed E-state index contributed by atoms with van der Waals surface area (Å²) in [5.74, 6) is -0.575. The van der Waals surface area contributed by atoms with Crippen LogP contribution in [0.3, 0.4) is 0 Å². The van der Waals surface area contributed by atoms with Crippen LogP contribution in [0.15, 0.2) is 16.7 Å². The van der Waals surface area contributed by atoms with E-state index in [1.165, 1.54) is 7.11 Å². The Morgan fingerprint density at radius 3 is 2.37 bits per heavy atom. The van der Waals surface area contributed by atoms with Crippen LogP contribution in [0.4, 0.5) is 5.88 Å². The zero-order valence-electron chi connectivity index (χ0n) is 11.4. The number of esters is 1. The van der Waals surface area contributed by atoms with Crippen LogP contribution in [0.2, 0.25) is 0 Å². The largest absolute Gasteiger partial charge is 0.465 e. The van der Waals surface area contributed by atoms with Crippen LogP contribution in [0.5, 0.6) is 0 Å². The summed E-state index contributed by atoms with van der Waals surface area (Å²) < 4.78 is 9.66. The summed E-state index contributed by atoms with van der Waals surface area (Å²) >= 11 is 0. The van der Waals surface area contributed by atoms with Crippen LogP contribution in [0.25, 0.3) is 11.3 Å². The summed E-state index contributed by atoms with van der Waals surface area (Å²) in [4.78, 5) is 11.8. The molecule has 5 nitrogen and oxygen atoms in total. The number of nitrogens with two attached hydrogens (primary N) is 1. The smallest absolute Gasteiger partial charge is 0.345 e.